The summed E-state index contributed by atoms with van der Waals surface area (Å²) in [6.07, 6.45) is 0.304. The third-order valence-corrected chi connectivity index (χ3v) is 7.43. The van der Waals surface area contributed by atoms with E-state index in [1.165, 1.54) is 18.1 Å². The lowest BCUT2D eigenvalue weighted by Gasteiger charge is -2.36. The van der Waals surface area contributed by atoms with E-state index in [4.69, 9.17) is 9.47 Å². The second-order valence-electron chi connectivity index (χ2n) is 9.40. The van der Waals surface area contributed by atoms with Gasteiger partial charge in [0.25, 0.3) is 5.91 Å². The van der Waals surface area contributed by atoms with Crippen molar-refractivity contribution in [1.82, 2.24) is 19.7 Å². The van der Waals surface area contributed by atoms with Crippen molar-refractivity contribution in [2.24, 2.45) is 0 Å². The Morgan fingerprint density at radius 3 is 2.72 bits per heavy atom. The predicted octanol–water partition coefficient (Wildman–Crippen LogP) is 2.63. The second kappa shape index (κ2) is 8.79. The van der Waals surface area contributed by atoms with Crippen molar-refractivity contribution in [2.45, 2.75) is 18.5 Å². The maximum Gasteiger partial charge on any atom is 0.328 e. The molecule has 3 aromatic rings. The molecule has 2 unspecified atom stereocenters. The van der Waals surface area contributed by atoms with Gasteiger partial charge in [0.15, 0.2) is 11.6 Å². The number of hydrogen-bond donors (Lipinski definition) is 2. The molecule has 0 saturated carbocycles. The Labute approximate surface area is 207 Å². The molecule has 2 atom stereocenters. The van der Waals surface area contributed by atoms with Gasteiger partial charge < -0.3 is 19.6 Å². The Kier molecular flexibility index (Phi) is 5.57. The van der Waals surface area contributed by atoms with Crippen LogP contribution in [-0.2, 0) is 16.0 Å². The highest BCUT2D eigenvalue weighted by atomic mass is 19.1. The molecule has 0 aliphatic carbocycles. The monoisotopic (exact) mass is 494 g/mol. The van der Waals surface area contributed by atoms with E-state index in [-0.39, 0.29) is 23.4 Å². The van der Waals surface area contributed by atoms with E-state index in [0.29, 0.717) is 49.5 Å². The van der Waals surface area contributed by atoms with Crippen molar-refractivity contribution in [3.05, 3.63) is 59.0 Å². The summed E-state index contributed by atoms with van der Waals surface area (Å²) in [5, 5.41) is 11.0. The van der Waals surface area contributed by atoms with Crippen molar-refractivity contribution in [3.63, 3.8) is 0 Å². The number of nitrogens with zero attached hydrogens (tertiary/aromatic N) is 3. The fourth-order valence-electron chi connectivity index (χ4n) is 5.65. The van der Waals surface area contributed by atoms with Crippen LogP contribution in [0.2, 0.25) is 0 Å². The number of fused-ring (bicyclic) bond motifs is 4. The topological polar surface area (TPSA) is 98.3 Å². The average Bonchev–Trinajstić information content (AvgIpc) is 3.35. The van der Waals surface area contributed by atoms with E-state index in [1.54, 1.807) is 29.2 Å². The van der Waals surface area contributed by atoms with Gasteiger partial charge in [0, 0.05) is 55.3 Å². The van der Waals surface area contributed by atoms with Gasteiger partial charge in [-0.2, -0.15) is 0 Å². The minimum absolute atomic E-state index is 0.0575. The molecule has 188 valence electrons. The summed E-state index contributed by atoms with van der Waals surface area (Å²) in [7, 11) is 1.41. The molecule has 3 aliphatic rings. The number of phenols is 1. The Morgan fingerprint density at radius 2 is 1.97 bits per heavy atom. The Bertz CT molecular complexity index is 1350. The van der Waals surface area contributed by atoms with Crippen molar-refractivity contribution in [3.8, 4) is 11.5 Å². The van der Waals surface area contributed by atoms with E-state index in [0.717, 1.165) is 24.0 Å². The number of carbonyl (C=O) groups is 2. The summed E-state index contributed by atoms with van der Waals surface area (Å²) < 4.78 is 25.1. The molecule has 0 bridgehead atoms. The normalized spacial score (nSPS) is 22.3. The molecule has 2 fully saturated rings. The lowest BCUT2D eigenvalue weighted by atomic mass is 9.88. The van der Waals surface area contributed by atoms with Crippen molar-refractivity contribution in [2.75, 3.05) is 46.5 Å². The first kappa shape index (κ1) is 22.8. The van der Waals surface area contributed by atoms with Crippen LogP contribution in [0.5, 0.6) is 11.5 Å². The number of aromatic hydroxyl groups is 1. The first-order chi connectivity index (χ1) is 17.5. The molecular formula is C26H27FN4O5. The Hall–Kier alpha value is -3.63. The molecule has 3 aliphatic heterocycles. The van der Waals surface area contributed by atoms with Crippen LogP contribution in [0.1, 0.15) is 22.9 Å². The average molecular weight is 495 g/mol. The number of morpholine rings is 1. The highest BCUT2D eigenvalue weighted by Crippen LogP contribution is 2.45. The van der Waals surface area contributed by atoms with Gasteiger partial charge >= 0.3 is 6.03 Å². The second-order valence-corrected chi connectivity index (χ2v) is 9.40. The summed E-state index contributed by atoms with van der Waals surface area (Å²) in [5.41, 5.74) is 2.77. The van der Waals surface area contributed by atoms with Gasteiger partial charge in [0.2, 0.25) is 0 Å². The molecule has 1 aromatic heterocycles. The number of H-pyrrole nitrogens is 1. The highest BCUT2D eigenvalue weighted by molar-refractivity contribution is 6.05. The van der Waals surface area contributed by atoms with Gasteiger partial charge in [-0.1, -0.05) is 12.1 Å². The van der Waals surface area contributed by atoms with Crippen molar-refractivity contribution in [1.29, 1.82) is 0 Å². The molecule has 2 aromatic carbocycles. The number of phenolic OH excluding ortho intramolecular Hbond substituents is 1. The van der Waals surface area contributed by atoms with E-state index >= 15 is 0 Å². The van der Waals surface area contributed by atoms with Crippen LogP contribution in [0.3, 0.4) is 0 Å². The number of urea groups is 1. The lowest BCUT2D eigenvalue weighted by molar-refractivity contribution is -0.128. The number of benzene rings is 2. The standard InChI is InChI=1S/C26H27FN4O5/c1-35-22-13-17-18-12-21-25(33)30(6-5-29-7-9-36-10-8-29)26(34)31(21)24(15-3-2-4-16(32)11-15)23(18)28-20(17)14-19(22)27/h2-4,11,13-14,21,24,28,32H,5-10,12H2,1H3. The molecule has 36 heavy (non-hydrogen) atoms. The SMILES string of the molecule is COc1cc2c3c([nH]c2cc1F)C(c1cccc(O)c1)N1C(=O)N(CCN2CCOCC2)C(=O)C1C3. The van der Waals surface area contributed by atoms with Gasteiger partial charge in [0.05, 0.1) is 20.3 Å². The first-order valence-electron chi connectivity index (χ1n) is 12.1. The number of methoxy groups -OCH3 is 1. The molecule has 3 amide bonds. The van der Waals surface area contributed by atoms with E-state index < -0.39 is 17.9 Å². The smallest absolute Gasteiger partial charge is 0.328 e. The maximum atomic E-state index is 14.5. The van der Waals surface area contributed by atoms with Crippen molar-refractivity contribution < 1.29 is 28.6 Å². The van der Waals surface area contributed by atoms with Gasteiger partial charge in [-0.25, -0.2) is 9.18 Å². The molecule has 4 heterocycles. The molecule has 2 saturated heterocycles. The first-order valence-corrected chi connectivity index (χ1v) is 12.1. The molecular weight excluding hydrogens is 467 g/mol. The number of hydrogen-bond acceptors (Lipinski definition) is 6. The third-order valence-electron chi connectivity index (χ3n) is 7.43. The van der Waals surface area contributed by atoms with Crippen LogP contribution in [0.4, 0.5) is 9.18 Å². The quantitative estimate of drug-likeness (QED) is 0.530. The fourth-order valence-corrected chi connectivity index (χ4v) is 5.65. The molecule has 2 N–H and O–H groups in total. The Morgan fingerprint density at radius 1 is 1.17 bits per heavy atom. The van der Waals surface area contributed by atoms with Crippen LogP contribution in [0, 0.1) is 5.82 Å². The van der Waals surface area contributed by atoms with Gasteiger partial charge in [-0.15, -0.1) is 0 Å². The van der Waals surface area contributed by atoms with Crippen LogP contribution >= 0.6 is 0 Å². The molecule has 0 radical (unpaired) electrons. The predicted molar refractivity (Wildman–Crippen MR) is 128 cm³/mol. The number of amides is 3. The summed E-state index contributed by atoms with van der Waals surface area (Å²) in [5.74, 6) is -0.573. The minimum atomic E-state index is -0.697. The fraction of sp³-hybridized carbons (Fsp3) is 0.385. The number of imide groups is 1. The van der Waals surface area contributed by atoms with Gasteiger partial charge in [0.1, 0.15) is 17.8 Å². The number of aromatic nitrogens is 1. The summed E-state index contributed by atoms with van der Waals surface area (Å²) in [4.78, 5) is 35.7. The lowest BCUT2D eigenvalue weighted by Crippen LogP contribution is -2.44. The number of nitrogens with one attached hydrogen (secondary N) is 1. The number of ether oxygens (including phenoxy) is 2. The number of carbonyl (C=O) groups excluding carboxylic acids is 2. The summed E-state index contributed by atoms with van der Waals surface area (Å²) >= 11 is 0. The van der Waals surface area contributed by atoms with E-state index in [2.05, 4.69) is 9.88 Å². The largest absolute Gasteiger partial charge is 0.508 e. The van der Waals surface area contributed by atoms with E-state index in [1.807, 2.05) is 6.07 Å². The number of rotatable bonds is 5. The zero-order valence-corrected chi connectivity index (χ0v) is 19.9. The third kappa shape index (κ3) is 3.59. The van der Waals surface area contributed by atoms with Crippen LogP contribution in [0.15, 0.2) is 36.4 Å². The minimum Gasteiger partial charge on any atom is -0.508 e. The Balaban J connectivity index is 1.42. The molecule has 9 nitrogen and oxygen atoms in total. The summed E-state index contributed by atoms with van der Waals surface area (Å²) in [6, 6.07) is 7.98. The maximum absolute atomic E-state index is 14.5. The van der Waals surface area contributed by atoms with Crippen LogP contribution in [0.25, 0.3) is 10.9 Å². The number of halogens is 1. The zero-order valence-electron chi connectivity index (χ0n) is 19.9. The molecule has 10 heteroatoms. The van der Waals surface area contributed by atoms with Crippen LogP contribution in [-0.4, -0.2) is 89.3 Å². The van der Waals surface area contributed by atoms with Crippen molar-refractivity contribution >= 4 is 22.8 Å². The summed E-state index contributed by atoms with van der Waals surface area (Å²) in [6.45, 7) is 3.70. The molecule has 6 rings (SSSR count). The highest BCUT2D eigenvalue weighted by Gasteiger charge is 2.52. The zero-order chi connectivity index (χ0) is 25.0. The van der Waals surface area contributed by atoms with Crippen LogP contribution < -0.4 is 4.74 Å². The van der Waals surface area contributed by atoms with Gasteiger partial charge in [-0.3, -0.25) is 19.5 Å². The number of aromatic amines is 1. The molecule has 0 spiro atoms. The van der Waals surface area contributed by atoms with Gasteiger partial charge in [-0.05, 0) is 29.3 Å². The van der Waals surface area contributed by atoms with E-state index in [9.17, 15) is 19.1 Å².